The molecular weight excluding hydrogens is 302 g/mol. The van der Waals surface area contributed by atoms with Crippen molar-refractivity contribution >= 4 is 16.9 Å². The molecule has 128 valence electrons. The summed E-state index contributed by atoms with van der Waals surface area (Å²) >= 11 is 0. The van der Waals surface area contributed by atoms with Gasteiger partial charge in [-0.05, 0) is 37.8 Å². The molecule has 1 saturated heterocycles. The average Bonchev–Trinajstić information content (AvgIpc) is 3.29. The maximum atomic E-state index is 12.5. The largest absolute Gasteiger partial charge is 0.368 e. The van der Waals surface area contributed by atoms with Crippen LogP contribution < -0.4 is 0 Å². The fraction of sp³-hybridized carbons (Fsp3) is 0.579. The summed E-state index contributed by atoms with van der Waals surface area (Å²) in [6.07, 6.45) is 7.08. The number of carbonyl (C=O) groups is 1. The first-order valence-corrected chi connectivity index (χ1v) is 9.13. The third-order valence-electron chi connectivity index (χ3n) is 5.31. The van der Waals surface area contributed by atoms with Gasteiger partial charge in [0.25, 0.3) is 0 Å². The molecule has 5 nitrogen and oxygen atoms in total. The standard InChI is InChI=1S/C19H25N3O2/c23-18(13-24-15-7-1-2-8-15)22-11-5-6-14(12-22)19-20-16-9-3-4-10-17(16)21-19/h3-4,9-10,14-15H,1-2,5-8,11-13H2,(H,20,21)/t14-/m0/s1. The van der Waals surface area contributed by atoms with Crippen LogP contribution in [0.4, 0.5) is 0 Å². The first-order valence-electron chi connectivity index (χ1n) is 9.13. The number of ether oxygens (including phenoxy) is 1. The van der Waals surface area contributed by atoms with Crippen LogP contribution in [0, 0.1) is 0 Å². The maximum Gasteiger partial charge on any atom is 0.248 e. The zero-order valence-corrected chi connectivity index (χ0v) is 14.0. The SMILES string of the molecule is O=C(COC1CCCC1)N1CCC[C@H](c2nc3ccccc3[nH]2)C1. The van der Waals surface area contributed by atoms with Crippen molar-refractivity contribution in [2.75, 3.05) is 19.7 Å². The summed E-state index contributed by atoms with van der Waals surface area (Å²) < 4.78 is 5.79. The number of piperidine rings is 1. The lowest BCUT2D eigenvalue weighted by Crippen LogP contribution is -2.41. The number of nitrogens with zero attached hydrogens (tertiary/aromatic N) is 2. The van der Waals surface area contributed by atoms with Gasteiger partial charge in [-0.2, -0.15) is 0 Å². The van der Waals surface area contributed by atoms with Gasteiger partial charge in [-0.1, -0.05) is 25.0 Å². The number of hydrogen-bond acceptors (Lipinski definition) is 3. The zero-order valence-electron chi connectivity index (χ0n) is 14.0. The number of carbonyl (C=O) groups excluding carboxylic acids is 1. The van der Waals surface area contributed by atoms with Gasteiger partial charge >= 0.3 is 0 Å². The van der Waals surface area contributed by atoms with Crippen molar-refractivity contribution in [2.24, 2.45) is 0 Å². The highest BCUT2D eigenvalue weighted by atomic mass is 16.5. The molecule has 1 aliphatic heterocycles. The molecule has 1 amide bonds. The van der Waals surface area contributed by atoms with Gasteiger partial charge in [0.15, 0.2) is 0 Å². The molecule has 0 spiro atoms. The fourth-order valence-corrected chi connectivity index (χ4v) is 3.93. The Labute approximate surface area is 142 Å². The van der Waals surface area contributed by atoms with Crippen LogP contribution in [-0.2, 0) is 9.53 Å². The monoisotopic (exact) mass is 327 g/mol. The molecule has 2 fully saturated rings. The molecule has 2 aliphatic rings. The van der Waals surface area contributed by atoms with E-state index in [0.29, 0.717) is 12.0 Å². The van der Waals surface area contributed by atoms with Crippen LogP contribution in [0.1, 0.15) is 50.3 Å². The first-order chi connectivity index (χ1) is 11.8. The Kier molecular flexibility index (Phi) is 4.52. The Balaban J connectivity index is 1.38. The fourth-order valence-electron chi connectivity index (χ4n) is 3.93. The Bertz CT molecular complexity index is 672. The molecule has 5 heteroatoms. The molecule has 1 aliphatic carbocycles. The van der Waals surface area contributed by atoms with Crippen molar-refractivity contribution in [3.63, 3.8) is 0 Å². The Morgan fingerprint density at radius 2 is 2.04 bits per heavy atom. The van der Waals surface area contributed by atoms with Crippen molar-refractivity contribution < 1.29 is 9.53 Å². The van der Waals surface area contributed by atoms with E-state index >= 15 is 0 Å². The molecular formula is C19H25N3O2. The number of likely N-dealkylation sites (tertiary alicyclic amines) is 1. The van der Waals surface area contributed by atoms with Gasteiger partial charge in [-0.25, -0.2) is 4.98 Å². The summed E-state index contributed by atoms with van der Waals surface area (Å²) in [6, 6.07) is 8.09. The molecule has 0 bridgehead atoms. The lowest BCUT2D eigenvalue weighted by atomic mass is 9.97. The highest BCUT2D eigenvalue weighted by Crippen LogP contribution is 2.27. The number of H-pyrrole nitrogens is 1. The van der Waals surface area contributed by atoms with Gasteiger partial charge in [-0.3, -0.25) is 4.79 Å². The molecule has 0 radical (unpaired) electrons. The minimum Gasteiger partial charge on any atom is -0.368 e. The van der Waals surface area contributed by atoms with Gasteiger partial charge in [0.1, 0.15) is 12.4 Å². The Morgan fingerprint density at radius 3 is 2.88 bits per heavy atom. The lowest BCUT2D eigenvalue weighted by Gasteiger charge is -2.32. The number of imidazole rings is 1. The highest BCUT2D eigenvalue weighted by Gasteiger charge is 2.27. The van der Waals surface area contributed by atoms with Crippen LogP contribution >= 0.6 is 0 Å². The molecule has 1 aromatic heterocycles. The van der Waals surface area contributed by atoms with E-state index in [1.54, 1.807) is 0 Å². The van der Waals surface area contributed by atoms with Crippen LogP contribution in [0.3, 0.4) is 0 Å². The number of benzene rings is 1. The van der Waals surface area contributed by atoms with Crippen molar-refractivity contribution in [3.05, 3.63) is 30.1 Å². The van der Waals surface area contributed by atoms with E-state index in [-0.39, 0.29) is 12.5 Å². The number of rotatable bonds is 4. The van der Waals surface area contributed by atoms with E-state index in [4.69, 9.17) is 9.72 Å². The molecule has 1 atom stereocenters. The summed E-state index contributed by atoms with van der Waals surface area (Å²) in [6.45, 7) is 1.81. The molecule has 1 aromatic carbocycles. The van der Waals surface area contributed by atoms with Gasteiger partial charge in [0.05, 0.1) is 17.1 Å². The summed E-state index contributed by atoms with van der Waals surface area (Å²) in [5, 5.41) is 0. The number of aromatic amines is 1. The van der Waals surface area contributed by atoms with E-state index in [1.165, 1.54) is 12.8 Å². The topological polar surface area (TPSA) is 58.2 Å². The van der Waals surface area contributed by atoms with Gasteiger partial charge in [0.2, 0.25) is 5.91 Å². The molecule has 1 saturated carbocycles. The number of hydrogen-bond donors (Lipinski definition) is 1. The van der Waals surface area contributed by atoms with E-state index < -0.39 is 0 Å². The Morgan fingerprint density at radius 1 is 1.21 bits per heavy atom. The predicted octanol–water partition coefficient (Wildman–Crippen LogP) is 3.23. The summed E-state index contributed by atoms with van der Waals surface area (Å²) in [5.74, 6) is 1.43. The van der Waals surface area contributed by atoms with Crippen LogP contribution in [0.2, 0.25) is 0 Å². The third-order valence-corrected chi connectivity index (χ3v) is 5.31. The van der Waals surface area contributed by atoms with Crippen LogP contribution in [-0.4, -0.2) is 46.6 Å². The van der Waals surface area contributed by atoms with E-state index in [1.807, 2.05) is 29.2 Å². The van der Waals surface area contributed by atoms with Crippen LogP contribution in [0.15, 0.2) is 24.3 Å². The van der Waals surface area contributed by atoms with Gasteiger partial charge < -0.3 is 14.6 Å². The minimum absolute atomic E-state index is 0.128. The first kappa shape index (κ1) is 15.6. The number of amides is 1. The minimum atomic E-state index is 0.128. The van der Waals surface area contributed by atoms with Gasteiger partial charge in [-0.15, -0.1) is 0 Å². The number of nitrogens with one attached hydrogen (secondary N) is 1. The second-order valence-electron chi connectivity index (χ2n) is 7.04. The van der Waals surface area contributed by atoms with Gasteiger partial charge in [0, 0.05) is 19.0 Å². The maximum absolute atomic E-state index is 12.5. The van der Waals surface area contributed by atoms with Crippen molar-refractivity contribution in [1.82, 2.24) is 14.9 Å². The number of fused-ring (bicyclic) bond motifs is 1. The molecule has 2 aromatic rings. The second kappa shape index (κ2) is 6.93. The van der Waals surface area contributed by atoms with Crippen molar-refractivity contribution in [2.45, 2.75) is 50.5 Å². The lowest BCUT2D eigenvalue weighted by molar-refractivity contribution is -0.139. The smallest absolute Gasteiger partial charge is 0.248 e. The van der Waals surface area contributed by atoms with E-state index in [0.717, 1.165) is 55.6 Å². The van der Waals surface area contributed by atoms with Crippen LogP contribution in [0.25, 0.3) is 11.0 Å². The number of aromatic nitrogens is 2. The number of para-hydroxylation sites is 2. The molecule has 2 heterocycles. The third kappa shape index (κ3) is 3.31. The predicted molar refractivity (Wildman–Crippen MR) is 92.9 cm³/mol. The van der Waals surface area contributed by atoms with Crippen LogP contribution in [0.5, 0.6) is 0 Å². The van der Waals surface area contributed by atoms with E-state index in [9.17, 15) is 4.79 Å². The Hall–Kier alpha value is -1.88. The van der Waals surface area contributed by atoms with Crippen molar-refractivity contribution in [1.29, 1.82) is 0 Å². The summed E-state index contributed by atoms with van der Waals surface area (Å²) in [5.41, 5.74) is 2.07. The molecule has 0 unspecified atom stereocenters. The highest BCUT2D eigenvalue weighted by molar-refractivity contribution is 5.78. The quantitative estimate of drug-likeness (QED) is 0.938. The summed E-state index contributed by atoms with van der Waals surface area (Å²) in [7, 11) is 0. The summed E-state index contributed by atoms with van der Waals surface area (Å²) in [4.78, 5) is 22.6. The molecule has 4 rings (SSSR count). The normalized spacial score (nSPS) is 22.3. The zero-order chi connectivity index (χ0) is 16.4. The van der Waals surface area contributed by atoms with E-state index in [2.05, 4.69) is 4.98 Å². The van der Waals surface area contributed by atoms with Crippen molar-refractivity contribution in [3.8, 4) is 0 Å². The average molecular weight is 327 g/mol. The second-order valence-corrected chi connectivity index (χ2v) is 7.04. The molecule has 1 N–H and O–H groups in total. The molecule has 24 heavy (non-hydrogen) atoms.